The lowest BCUT2D eigenvalue weighted by Crippen LogP contribution is -2.07. The van der Waals surface area contributed by atoms with Crippen LogP contribution in [0.4, 0.5) is 0 Å². The van der Waals surface area contributed by atoms with Crippen LogP contribution in [0.1, 0.15) is 13.8 Å². The van der Waals surface area contributed by atoms with Crippen molar-refractivity contribution in [3.05, 3.63) is 48.5 Å². The predicted molar refractivity (Wildman–Crippen MR) is 81.2 cm³/mol. The number of benzene rings is 2. The maximum Gasteiger partial charge on any atom is 0.123 e. The van der Waals surface area contributed by atoms with Gasteiger partial charge < -0.3 is 5.11 Å². The molecule has 1 N–H and O–H groups in total. The first-order valence-electron chi connectivity index (χ1n) is 6.40. The van der Waals surface area contributed by atoms with Crippen molar-refractivity contribution in [1.82, 2.24) is 0 Å². The second-order valence-electron chi connectivity index (χ2n) is 4.21. The second-order valence-corrected chi connectivity index (χ2v) is 7.03. The molecule has 2 aromatic rings. The Morgan fingerprint density at radius 3 is 2.00 bits per heavy atom. The van der Waals surface area contributed by atoms with E-state index in [9.17, 15) is 5.11 Å². The Balaban J connectivity index is 2.55. The van der Waals surface area contributed by atoms with Crippen LogP contribution in [0, 0.1) is 0 Å². The lowest BCUT2D eigenvalue weighted by Gasteiger charge is -2.18. The van der Waals surface area contributed by atoms with E-state index in [0.717, 1.165) is 5.56 Å². The largest absolute Gasteiger partial charge is 0.507 e. The third-order valence-corrected chi connectivity index (χ3v) is 5.80. The molecule has 1 nitrogen and oxygen atoms in total. The summed E-state index contributed by atoms with van der Waals surface area (Å²) in [5.74, 6) is 0.368. The minimum absolute atomic E-state index is 0.119. The minimum atomic E-state index is -0.119. The normalized spacial score (nSPS) is 10.8. The summed E-state index contributed by atoms with van der Waals surface area (Å²) in [6.07, 6.45) is 2.38. The quantitative estimate of drug-likeness (QED) is 0.815. The zero-order valence-corrected chi connectivity index (χ0v) is 11.8. The highest BCUT2D eigenvalue weighted by Gasteiger charge is 2.13. The SMILES string of the molecule is CCP(CC)c1ccccc1-c1ccccc1O. The fraction of sp³-hybridized carbons (Fsp3) is 0.250. The molecule has 0 bridgehead atoms. The summed E-state index contributed by atoms with van der Waals surface area (Å²) in [7, 11) is -0.119. The van der Waals surface area contributed by atoms with Crippen molar-refractivity contribution < 1.29 is 5.11 Å². The van der Waals surface area contributed by atoms with Crippen LogP contribution in [0.2, 0.25) is 0 Å². The summed E-state index contributed by atoms with van der Waals surface area (Å²) >= 11 is 0. The van der Waals surface area contributed by atoms with Crippen LogP contribution >= 0.6 is 7.92 Å². The van der Waals surface area contributed by atoms with Crippen LogP contribution in [0.25, 0.3) is 11.1 Å². The van der Waals surface area contributed by atoms with Crippen LogP contribution in [-0.2, 0) is 0 Å². The van der Waals surface area contributed by atoms with Crippen molar-refractivity contribution in [2.45, 2.75) is 13.8 Å². The molecular formula is C16H19OP. The number of hydrogen-bond donors (Lipinski definition) is 1. The van der Waals surface area contributed by atoms with Gasteiger partial charge in [0.1, 0.15) is 5.75 Å². The van der Waals surface area contributed by atoms with Crippen LogP contribution in [-0.4, -0.2) is 17.4 Å². The van der Waals surface area contributed by atoms with Crippen LogP contribution in [0.5, 0.6) is 5.75 Å². The fourth-order valence-corrected chi connectivity index (χ4v) is 4.20. The number of rotatable bonds is 4. The van der Waals surface area contributed by atoms with Crippen molar-refractivity contribution in [3.63, 3.8) is 0 Å². The van der Waals surface area contributed by atoms with E-state index < -0.39 is 0 Å². The topological polar surface area (TPSA) is 20.2 Å². The van der Waals surface area contributed by atoms with Crippen molar-refractivity contribution in [2.24, 2.45) is 0 Å². The first kappa shape index (κ1) is 13.1. The summed E-state index contributed by atoms with van der Waals surface area (Å²) in [6, 6.07) is 16.1. The van der Waals surface area contributed by atoms with Crippen molar-refractivity contribution in [2.75, 3.05) is 12.3 Å². The van der Waals surface area contributed by atoms with Gasteiger partial charge in [-0.05, 0) is 29.3 Å². The molecule has 0 spiro atoms. The number of phenolic OH excluding ortho intramolecular Hbond substituents is 1. The van der Waals surface area contributed by atoms with Gasteiger partial charge in [-0.1, -0.05) is 64.2 Å². The maximum atomic E-state index is 10.0. The highest BCUT2D eigenvalue weighted by atomic mass is 31.1. The molecule has 0 saturated heterocycles. The molecule has 0 aliphatic heterocycles. The monoisotopic (exact) mass is 258 g/mol. The molecule has 2 rings (SSSR count). The average Bonchev–Trinajstić information content (AvgIpc) is 2.41. The molecule has 0 aliphatic rings. The first-order chi connectivity index (χ1) is 8.77. The Labute approximate surface area is 110 Å². The Hall–Kier alpha value is -1.33. The van der Waals surface area contributed by atoms with E-state index in [-0.39, 0.29) is 7.92 Å². The van der Waals surface area contributed by atoms with Crippen molar-refractivity contribution in [3.8, 4) is 16.9 Å². The lowest BCUT2D eigenvalue weighted by atomic mass is 10.0. The Kier molecular flexibility index (Phi) is 4.38. The van der Waals surface area contributed by atoms with Gasteiger partial charge in [0.25, 0.3) is 0 Å². The molecule has 0 heterocycles. The highest BCUT2D eigenvalue weighted by molar-refractivity contribution is 7.65. The van der Waals surface area contributed by atoms with Gasteiger partial charge in [-0.25, -0.2) is 0 Å². The van der Waals surface area contributed by atoms with E-state index in [4.69, 9.17) is 0 Å². The number of phenols is 1. The van der Waals surface area contributed by atoms with E-state index in [1.165, 1.54) is 23.2 Å². The molecule has 0 aromatic heterocycles. The molecule has 0 fully saturated rings. The molecule has 0 atom stereocenters. The van der Waals surface area contributed by atoms with Crippen LogP contribution < -0.4 is 5.30 Å². The van der Waals surface area contributed by atoms with Gasteiger partial charge in [0.05, 0.1) is 0 Å². The van der Waals surface area contributed by atoms with Crippen molar-refractivity contribution >= 4 is 13.2 Å². The molecule has 0 saturated carbocycles. The van der Waals surface area contributed by atoms with Gasteiger partial charge in [-0.15, -0.1) is 0 Å². The lowest BCUT2D eigenvalue weighted by molar-refractivity contribution is 0.477. The third kappa shape index (κ3) is 2.57. The van der Waals surface area contributed by atoms with E-state index in [0.29, 0.717) is 5.75 Å². The molecule has 0 radical (unpaired) electrons. The molecule has 0 aliphatic carbocycles. The standard InChI is InChI=1S/C16H19OP/c1-3-18(4-2)16-12-8-6-10-14(16)13-9-5-7-11-15(13)17/h5-12,17H,3-4H2,1-2H3. The van der Waals surface area contributed by atoms with Gasteiger partial charge >= 0.3 is 0 Å². The average molecular weight is 258 g/mol. The minimum Gasteiger partial charge on any atom is -0.507 e. The first-order valence-corrected chi connectivity index (χ1v) is 8.11. The van der Waals surface area contributed by atoms with Crippen LogP contribution in [0.15, 0.2) is 48.5 Å². The predicted octanol–water partition coefficient (Wildman–Crippen LogP) is 4.21. The fourth-order valence-electron chi connectivity index (χ4n) is 2.24. The van der Waals surface area contributed by atoms with Gasteiger partial charge in [-0.2, -0.15) is 0 Å². The molecule has 0 amide bonds. The Bertz CT molecular complexity index is 518. The van der Waals surface area contributed by atoms with E-state index in [2.05, 4.69) is 32.0 Å². The number of hydrogen-bond acceptors (Lipinski definition) is 1. The second kappa shape index (κ2) is 6.02. The zero-order chi connectivity index (χ0) is 13.0. The van der Waals surface area contributed by atoms with Crippen molar-refractivity contribution in [1.29, 1.82) is 0 Å². The summed E-state index contributed by atoms with van der Waals surface area (Å²) in [5.41, 5.74) is 2.13. The van der Waals surface area contributed by atoms with E-state index in [1.807, 2.05) is 24.3 Å². The summed E-state index contributed by atoms with van der Waals surface area (Å²) in [5, 5.41) is 11.4. The molecular weight excluding hydrogens is 239 g/mol. The number of aromatic hydroxyl groups is 1. The number of para-hydroxylation sites is 1. The summed E-state index contributed by atoms with van der Waals surface area (Å²) in [6.45, 7) is 4.49. The van der Waals surface area contributed by atoms with E-state index >= 15 is 0 Å². The Morgan fingerprint density at radius 2 is 1.39 bits per heavy atom. The van der Waals surface area contributed by atoms with Gasteiger partial charge in [0.15, 0.2) is 0 Å². The maximum absolute atomic E-state index is 10.0. The van der Waals surface area contributed by atoms with E-state index in [1.54, 1.807) is 6.07 Å². The van der Waals surface area contributed by atoms with Crippen LogP contribution in [0.3, 0.4) is 0 Å². The molecule has 0 unspecified atom stereocenters. The summed E-state index contributed by atoms with van der Waals surface area (Å²) in [4.78, 5) is 0. The molecule has 2 aromatic carbocycles. The summed E-state index contributed by atoms with van der Waals surface area (Å²) < 4.78 is 0. The third-order valence-electron chi connectivity index (χ3n) is 3.20. The van der Waals surface area contributed by atoms with Gasteiger partial charge in [0.2, 0.25) is 0 Å². The zero-order valence-electron chi connectivity index (χ0n) is 10.9. The molecule has 94 valence electrons. The molecule has 18 heavy (non-hydrogen) atoms. The van der Waals surface area contributed by atoms with Gasteiger partial charge in [-0.3, -0.25) is 0 Å². The smallest absolute Gasteiger partial charge is 0.123 e. The Morgan fingerprint density at radius 1 is 0.833 bits per heavy atom. The van der Waals surface area contributed by atoms with Gasteiger partial charge in [0, 0.05) is 5.56 Å². The molecule has 2 heteroatoms. The highest BCUT2D eigenvalue weighted by Crippen LogP contribution is 2.39.